The Morgan fingerprint density at radius 3 is 2.83 bits per heavy atom. The molecule has 4 rings (SSSR count). The van der Waals surface area contributed by atoms with Crippen molar-refractivity contribution < 1.29 is 13.6 Å². The second-order valence-corrected chi connectivity index (χ2v) is 6.48. The molecule has 0 bridgehead atoms. The molecule has 148 valence electrons. The maximum Gasteiger partial charge on any atom is 0.351 e. The summed E-state index contributed by atoms with van der Waals surface area (Å²) in [6.07, 6.45) is 2.86. The average Bonchev–Trinajstić information content (AvgIpc) is 3.28. The second kappa shape index (κ2) is 7.40. The van der Waals surface area contributed by atoms with E-state index in [4.69, 9.17) is 5.73 Å². The molecule has 3 heterocycles. The predicted molar refractivity (Wildman–Crippen MR) is 102 cm³/mol. The number of benzene rings is 1. The summed E-state index contributed by atoms with van der Waals surface area (Å²) in [6, 6.07) is 6.39. The molecular weight excluding hydrogens is 382 g/mol. The van der Waals surface area contributed by atoms with Crippen molar-refractivity contribution in [3.63, 3.8) is 0 Å². The van der Waals surface area contributed by atoms with Gasteiger partial charge in [0.1, 0.15) is 6.33 Å². The van der Waals surface area contributed by atoms with E-state index in [1.54, 1.807) is 18.2 Å². The Labute approximate surface area is 163 Å². The Morgan fingerprint density at radius 1 is 1.28 bits per heavy atom. The molecule has 0 atom stereocenters. The van der Waals surface area contributed by atoms with Gasteiger partial charge in [-0.15, -0.1) is 0 Å². The highest BCUT2D eigenvalue weighted by Gasteiger charge is 2.20. The van der Waals surface area contributed by atoms with Crippen LogP contribution in [0.4, 0.5) is 14.5 Å². The molecule has 0 saturated carbocycles. The fourth-order valence-electron chi connectivity index (χ4n) is 3.08. The van der Waals surface area contributed by atoms with E-state index in [1.165, 1.54) is 12.3 Å². The van der Waals surface area contributed by atoms with Crippen molar-refractivity contribution in [1.82, 2.24) is 19.3 Å². The second-order valence-electron chi connectivity index (χ2n) is 6.48. The molecule has 0 saturated heterocycles. The van der Waals surface area contributed by atoms with Crippen LogP contribution in [0.1, 0.15) is 10.4 Å². The molecule has 1 aromatic carbocycles. The molecule has 3 N–H and O–H groups in total. The number of pyridine rings is 1. The van der Waals surface area contributed by atoms with Gasteiger partial charge in [-0.2, -0.15) is 5.10 Å². The SMILES string of the molecule is NC/C(=C\F)Cn1ncn(-c2ncc(-c3ccc4c(c3)NCC4=O)cc2F)c1=O. The van der Waals surface area contributed by atoms with Crippen LogP contribution in [-0.4, -0.2) is 38.2 Å². The maximum absolute atomic E-state index is 14.7. The number of anilines is 1. The van der Waals surface area contributed by atoms with Gasteiger partial charge < -0.3 is 11.1 Å². The monoisotopic (exact) mass is 398 g/mol. The Kier molecular flexibility index (Phi) is 4.77. The molecule has 29 heavy (non-hydrogen) atoms. The number of hydrogen-bond acceptors (Lipinski definition) is 6. The molecule has 0 radical (unpaired) electrons. The van der Waals surface area contributed by atoms with E-state index in [0.717, 1.165) is 15.6 Å². The maximum atomic E-state index is 14.7. The summed E-state index contributed by atoms with van der Waals surface area (Å²) < 4.78 is 29.3. The summed E-state index contributed by atoms with van der Waals surface area (Å²) in [5.74, 6) is -0.949. The third-order valence-corrected chi connectivity index (χ3v) is 4.65. The van der Waals surface area contributed by atoms with Gasteiger partial charge in [0, 0.05) is 29.6 Å². The molecule has 1 aliphatic heterocycles. The minimum Gasteiger partial charge on any atom is -0.377 e. The predicted octanol–water partition coefficient (Wildman–Crippen LogP) is 1.66. The number of carbonyl (C=O) groups excluding carboxylic acids is 1. The third kappa shape index (κ3) is 3.34. The minimum atomic E-state index is -0.728. The fraction of sp³-hybridized carbons (Fsp3) is 0.158. The van der Waals surface area contributed by atoms with Crippen molar-refractivity contribution in [2.45, 2.75) is 6.54 Å². The van der Waals surface area contributed by atoms with E-state index in [2.05, 4.69) is 15.4 Å². The van der Waals surface area contributed by atoms with Crippen LogP contribution in [0.3, 0.4) is 0 Å². The largest absolute Gasteiger partial charge is 0.377 e. The first kappa shape index (κ1) is 18.7. The van der Waals surface area contributed by atoms with Gasteiger partial charge in [-0.25, -0.2) is 27.8 Å². The molecule has 0 unspecified atom stereocenters. The zero-order valence-electron chi connectivity index (χ0n) is 15.1. The van der Waals surface area contributed by atoms with Crippen molar-refractivity contribution in [2.24, 2.45) is 5.73 Å². The number of nitrogens with zero attached hydrogens (tertiary/aromatic N) is 4. The lowest BCUT2D eigenvalue weighted by Gasteiger charge is -2.07. The minimum absolute atomic E-state index is 0.00277. The van der Waals surface area contributed by atoms with E-state index < -0.39 is 11.5 Å². The average molecular weight is 398 g/mol. The van der Waals surface area contributed by atoms with Crippen LogP contribution in [0.15, 0.2) is 53.5 Å². The number of rotatable bonds is 5. The molecule has 0 amide bonds. The number of nitrogens with two attached hydrogens (primary N) is 1. The molecule has 0 spiro atoms. The van der Waals surface area contributed by atoms with Gasteiger partial charge in [0.05, 0.1) is 19.4 Å². The Morgan fingerprint density at radius 2 is 2.10 bits per heavy atom. The molecule has 8 nitrogen and oxygen atoms in total. The topological polar surface area (TPSA) is 108 Å². The summed E-state index contributed by atoms with van der Waals surface area (Å²) in [7, 11) is 0. The molecule has 2 aromatic heterocycles. The summed E-state index contributed by atoms with van der Waals surface area (Å²) in [6.45, 7) is 0.0262. The summed E-state index contributed by atoms with van der Waals surface area (Å²) in [4.78, 5) is 28.2. The van der Waals surface area contributed by atoms with Gasteiger partial charge in [-0.1, -0.05) is 6.07 Å². The van der Waals surface area contributed by atoms with Crippen molar-refractivity contribution in [3.05, 3.63) is 70.6 Å². The molecule has 0 aliphatic carbocycles. The molecule has 0 fully saturated rings. The van der Waals surface area contributed by atoms with Crippen LogP contribution in [0.5, 0.6) is 0 Å². The van der Waals surface area contributed by atoms with E-state index in [-0.39, 0.29) is 36.8 Å². The van der Waals surface area contributed by atoms with Crippen molar-refractivity contribution in [3.8, 4) is 16.9 Å². The number of hydrogen-bond donors (Lipinski definition) is 2. The number of aromatic nitrogens is 4. The van der Waals surface area contributed by atoms with Gasteiger partial charge in [-0.05, 0) is 29.3 Å². The van der Waals surface area contributed by atoms with Crippen LogP contribution in [0.25, 0.3) is 16.9 Å². The molecule has 3 aromatic rings. The lowest BCUT2D eigenvalue weighted by Crippen LogP contribution is -2.26. The number of fused-ring (bicyclic) bond motifs is 1. The number of halogens is 2. The lowest BCUT2D eigenvalue weighted by atomic mass is 10.0. The van der Waals surface area contributed by atoms with E-state index in [0.29, 0.717) is 28.7 Å². The summed E-state index contributed by atoms with van der Waals surface area (Å²) in [5, 5.41) is 6.84. The van der Waals surface area contributed by atoms with Crippen LogP contribution >= 0.6 is 0 Å². The highest BCUT2D eigenvalue weighted by molar-refractivity contribution is 6.08. The quantitative estimate of drug-likeness (QED) is 0.677. The van der Waals surface area contributed by atoms with Gasteiger partial charge in [0.15, 0.2) is 17.4 Å². The highest BCUT2D eigenvalue weighted by Crippen LogP contribution is 2.29. The Hall–Kier alpha value is -3.66. The lowest BCUT2D eigenvalue weighted by molar-refractivity contribution is 0.101. The summed E-state index contributed by atoms with van der Waals surface area (Å²) >= 11 is 0. The Bertz CT molecular complexity index is 1200. The van der Waals surface area contributed by atoms with E-state index in [9.17, 15) is 18.4 Å². The first-order valence-corrected chi connectivity index (χ1v) is 8.72. The number of nitrogens with one attached hydrogen (secondary N) is 1. The van der Waals surface area contributed by atoms with Crippen molar-refractivity contribution >= 4 is 11.5 Å². The van der Waals surface area contributed by atoms with Crippen LogP contribution in [-0.2, 0) is 6.54 Å². The first-order valence-electron chi connectivity index (χ1n) is 8.72. The van der Waals surface area contributed by atoms with Gasteiger partial charge >= 0.3 is 5.69 Å². The van der Waals surface area contributed by atoms with Crippen LogP contribution in [0.2, 0.25) is 0 Å². The van der Waals surface area contributed by atoms with Crippen molar-refractivity contribution in [2.75, 3.05) is 18.4 Å². The van der Waals surface area contributed by atoms with E-state index >= 15 is 0 Å². The smallest absolute Gasteiger partial charge is 0.351 e. The van der Waals surface area contributed by atoms with Crippen LogP contribution < -0.4 is 16.7 Å². The zero-order chi connectivity index (χ0) is 20.5. The number of carbonyl (C=O) groups is 1. The standard InChI is InChI=1S/C19H16F2N6O2/c20-5-11(6-22)9-27-19(29)26(10-25-27)18-15(21)3-13(7-24-18)12-1-2-14-16(4-12)23-8-17(14)28/h1-5,7,10,23H,6,8-9,22H2/b11-5+. The molecule has 1 aliphatic rings. The van der Waals surface area contributed by atoms with Gasteiger partial charge in [0.25, 0.3) is 0 Å². The van der Waals surface area contributed by atoms with E-state index in [1.807, 2.05) is 0 Å². The van der Waals surface area contributed by atoms with Gasteiger partial charge in [-0.3, -0.25) is 4.79 Å². The highest BCUT2D eigenvalue weighted by atomic mass is 19.1. The first-order chi connectivity index (χ1) is 14.0. The van der Waals surface area contributed by atoms with Crippen molar-refractivity contribution in [1.29, 1.82) is 0 Å². The third-order valence-electron chi connectivity index (χ3n) is 4.65. The van der Waals surface area contributed by atoms with Crippen LogP contribution in [0, 0.1) is 5.82 Å². The molecule has 10 heteroatoms. The number of Topliss-reactive ketones (excluding diaryl/α,β-unsaturated/α-hetero) is 1. The number of ketones is 1. The Balaban J connectivity index is 1.66. The fourth-order valence-corrected chi connectivity index (χ4v) is 3.08. The molecular formula is C19H16F2N6O2. The summed E-state index contributed by atoms with van der Waals surface area (Å²) in [5.41, 5.74) is 7.33. The zero-order valence-corrected chi connectivity index (χ0v) is 15.1. The normalized spacial score (nSPS) is 13.5. The van der Waals surface area contributed by atoms with Gasteiger partial charge in [0.2, 0.25) is 0 Å².